The Balaban J connectivity index is 2.02. The Hall–Kier alpha value is -2.01. The van der Waals surface area contributed by atoms with E-state index in [4.69, 9.17) is 9.47 Å². The van der Waals surface area contributed by atoms with Crippen molar-refractivity contribution in [3.05, 3.63) is 29.5 Å². The van der Waals surface area contributed by atoms with Crippen LogP contribution in [-0.4, -0.2) is 49.3 Å². The second-order valence-corrected chi connectivity index (χ2v) is 7.67. The van der Waals surface area contributed by atoms with Crippen LogP contribution in [0.3, 0.4) is 0 Å². The number of nitrogens with zero attached hydrogens (tertiary/aromatic N) is 2. The van der Waals surface area contributed by atoms with Crippen molar-refractivity contribution in [3.8, 4) is 5.75 Å². The summed E-state index contributed by atoms with van der Waals surface area (Å²) in [6, 6.07) is 6.59. The molecule has 5 heteroatoms. The average Bonchev–Trinajstić information content (AvgIpc) is 2.93. The Morgan fingerprint density at radius 2 is 1.96 bits per heavy atom. The first-order chi connectivity index (χ1) is 13.0. The molecule has 0 bridgehead atoms. The predicted octanol–water partition coefficient (Wildman–Crippen LogP) is 4.57. The third kappa shape index (κ3) is 4.29. The van der Waals surface area contributed by atoms with Crippen molar-refractivity contribution in [3.63, 3.8) is 0 Å². The van der Waals surface area contributed by atoms with Crippen LogP contribution in [0.5, 0.6) is 5.75 Å². The van der Waals surface area contributed by atoms with Crippen LogP contribution >= 0.6 is 0 Å². The van der Waals surface area contributed by atoms with Crippen molar-refractivity contribution in [2.45, 2.75) is 52.0 Å². The maximum atomic E-state index is 12.7. The molecule has 1 fully saturated rings. The molecule has 2 aromatic rings. The largest absolute Gasteiger partial charge is 0.492 e. The van der Waals surface area contributed by atoms with E-state index >= 15 is 0 Å². The lowest BCUT2D eigenvalue weighted by atomic mass is 9.95. The summed E-state index contributed by atoms with van der Waals surface area (Å²) in [6.07, 6.45) is 6.17. The molecular formula is C22H32N2O3. The smallest absolute Gasteiger partial charge is 0.340 e. The molecule has 5 nitrogen and oxygen atoms in total. The van der Waals surface area contributed by atoms with Gasteiger partial charge >= 0.3 is 5.97 Å². The first-order valence-corrected chi connectivity index (χ1v) is 10.1. The number of carbonyl (C=O) groups excluding carboxylic acids is 1. The van der Waals surface area contributed by atoms with Crippen LogP contribution in [0.25, 0.3) is 10.9 Å². The van der Waals surface area contributed by atoms with E-state index in [0.29, 0.717) is 24.8 Å². The lowest BCUT2D eigenvalue weighted by Gasteiger charge is -2.26. The van der Waals surface area contributed by atoms with Crippen molar-refractivity contribution in [2.24, 2.45) is 0 Å². The Morgan fingerprint density at radius 1 is 1.22 bits per heavy atom. The molecule has 0 spiro atoms. The minimum Gasteiger partial charge on any atom is -0.492 e. The molecule has 148 valence electrons. The monoisotopic (exact) mass is 372 g/mol. The summed E-state index contributed by atoms with van der Waals surface area (Å²) < 4.78 is 13.6. The number of benzene rings is 1. The minimum atomic E-state index is -0.236. The van der Waals surface area contributed by atoms with Gasteiger partial charge in [0.25, 0.3) is 0 Å². The zero-order valence-electron chi connectivity index (χ0n) is 17.1. The summed E-state index contributed by atoms with van der Waals surface area (Å²) in [7, 11) is 4.05. The summed E-state index contributed by atoms with van der Waals surface area (Å²) in [5, 5.41) is 0.943. The van der Waals surface area contributed by atoms with Gasteiger partial charge in [-0.25, -0.2) is 4.79 Å². The fourth-order valence-corrected chi connectivity index (χ4v) is 4.13. The molecule has 0 unspecified atom stereocenters. The number of esters is 1. The molecule has 27 heavy (non-hydrogen) atoms. The molecule has 1 aliphatic carbocycles. The zero-order chi connectivity index (χ0) is 19.4. The topological polar surface area (TPSA) is 43.7 Å². The fraction of sp³-hybridized carbons (Fsp3) is 0.591. The first kappa shape index (κ1) is 19.7. The SMILES string of the molecule is CCOC(=O)c1c(C)n(C2CCCCC2)c2ccc(OCCN(C)C)cc12. The molecule has 1 aliphatic rings. The molecule has 0 amide bonds. The highest BCUT2D eigenvalue weighted by atomic mass is 16.5. The maximum absolute atomic E-state index is 12.7. The van der Waals surface area contributed by atoms with Gasteiger partial charge in [0.2, 0.25) is 0 Å². The van der Waals surface area contributed by atoms with Gasteiger partial charge in [0.05, 0.1) is 12.2 Å². The van der Waals surface area contributed by atoms with Crippen molar-refractivity contribution < 1.29 is 14.3 Å². The average molecular weight is 373 g/mol. The van der Waals surface area contributed by atoms with E-state index < -0.39 is 0 Å². The lowest BCUT2D eigenvalue weighted by molar-refractivity contribution is 0.0527. The molecular weight excluding hydrogens is 340 g/mol. The van der Waals surface area contributed by atoms with Crippen molar-refractivity contribution in [1.82, 2.24) is 9.47 Å². The van der Waals surface area contributed by atoms with Crippen molar-refractivity contribution in [1.29, 1.82) is 0 Å². The summed E-state index contributed by atoms with van der Waals surface area (Å²) in [5.74, 6) is 0.565. The van der Waals surface area contributed by atoms with E-state index in [9.17, 15) is 4.79 Å². The van der Waals surface area contributed by atoms with Gasteiger partial charge in [-0.15, -0.1) is 0 Å². The van der Waals surface area contributed by atoms with E-state index in [-0.39, 0.29) is 5.97 Å². The number of fused-ring (bicyclic) bond motifs is 1. The fourth-order valence-electron chi connectivity index (χ4n) is 4.13. The normalized spacial score (nSPS) is 15.4. The molecule has 0 radical (unpaired) electrons. The molecule has 0 atom stereocenters. The number of hydrogen-bond donors (Lipinski definition) is 0. The van der Waals surface area contributed by atoms with E-state index in [2.05, 4.69) is 15.5 Å². The van der Waals surface area contributed by atoms with Gasteiger partial charge in [0.1, 0.15) is 12.4 Å². The quantitative estimate of drug-likeness (QED) is 0.668. The van der Waals surface area contributed by atoms with Crippen molar-refractivity contribution >= 4 is 16.9 Å². The maximum Gasteiger partial charge on any atom is 0.340 e. The molecule has 0 N–H and O–H groups in total. The Labute approximate surface area is 162 Å². The molecule has 1 heterocycles. The van der Waals surface area contributed by atoms with Crippen molar-refractivity contribution in [2.75, 3.05) is 33.9 Å². The second-order valence-electron chi connectivity index (χ2n) is 7.67. The molecule has 1 saturated carbocycles. The Bertz CT molecular complexity index is 788. The van der Waals surface area contributed by atoms with Crippen LogP contribution in [-0.2, 0) is 4.74 Å². The number of carbonyl (C=O) groups is 1. The van der Waals surface area contributed by atoms with Crippen LogP contribution < -0.4 is 4.74 Å². The van der Waals surface area contributed by atoms with Gasteiger partial charge in [-0.3, -0.25) is 0 Å². The second kappa shape index (κ2) is 8.79. The van der Waals surface area contributed by atoms with E-state index in [1.165, 1.54) is 32.1 Å². The molecule has 1 aromatic carbocycles. The lowest BCUT2D eigenvalue weighted by Crippen LogP contribution is -2.19. The van der Waals surface area contributed by atoms with Gasteiger partial charge in [-0.05, 0) is 59.0 Å². The Kier molecular flexibility index (Phi) is 6.42. The highest BCUT2D eigenvalue weighted by Crippen LogP contribution is 2.37. The van der Waals surface area contributed by atoms with Crippen LogP contribution in [0.2, 0.25) is 0 Å². The standard InChI is InChI=1S/C22H32N2O3/c1-5-26-22(25)21-16(2)24(17-9-7-6-8-10-17)20-12-11-18(15-19(20)21)27-14-13-23(3)4/h11-12,15,17H,5-10,13-14H2,1-4H3. The molecule has 3 rings (SSSR count). The molecule has 0 aliphatic heterocycles. The highest BCUT2D eigenvalue weighted by molar-refractivity contribution is 6.06. The molecule has 1 aromatic heterocycles. The number of likely N-dealkylation sites (N-methyl/N-ethyl adjacent to an activating group) is 1. The van der Waals surface area contributed by atoms with Gasteiger partial charge in [-0.1, -0.05) is 19.3 Å². The van der Waals surface area contributed by atoms with Crippen LogP contribution in [0.15, 0.2) is 18.2 Å². The van der Waals surface area contributed by atoms with Gasteiger partial charge in [0, 0.05) is 29.2 Å². The van der Waals surface area contributed by atoms with Gasteiger partial charge in [-0.2, -0.15) is 0 Å². The summed E-state index contributed by atoms with van der Waals surface area (Å²) in [5.41, 5.74) is 2.82. The highest BCUT2D eigenvalue weighted by Gasteiger charge is 2.26. The third-order valence-corrected chi connectivity index (χ3v) is 5.45. The van der Waals surface area contributed by atoms with E-state index in [0.717, 1.165) is 28.9 Å². The number of hydrogen-bond acceptors (Lipinski definition) is 4. The van der Waals surface area contributed by atoms with E-state index in [1.54, 1.807) is 0 Å². The molecule has 0 saturated heterocycles. The summed E-state index contributed by atoms with van der Waals surface area (Å²) in [6.45, 7) is 5.75. The van der Waals surface area contributed by atoms with Gasteiger partial charge in [0.15, 0.2) is 0 Å². The zero-order valence-corrected chi connectivity index (χ0v) is 17.1. The third-order valence-electron chi connectivity index (χ3n) is 5.45. The van der Waals surface area contributed by atoms with Crippen LogP contribution in [0, 0.1) is 6.92 Å². The van der Waals surface area contributed by atoms with E-state index in [1.807, 2.05) is 40.1 Å². The summed E-state index contributed by atoms with van der Waals surface area (Å²) >= 11 is 0. The van der Waals surface area contributed by atoms with Crippen LogP contribution in [0.4, 0.5) is 0 Å². The van der Waals surface area contributed by atoms with Gasteiger partial charge < -0.3 is 18.9 Å². The van der Waals surface area contributed by atoms with Crippen LogP contribution in [0.1, 0.15) is 61.1 Å². The Morgan fingerprint density at radius 3 is 2.63 bits per heavy atom. The number of rotatable bonds is 7. The summed E-state index contributed by atoms with van der Waals surface area (Å²) in [4.78, 5) is 14.8. The number of aromatic nitrogens is 1. The first-order valence-electron chi connectivity index (χ1n) is 10.1. The minimum absolute atomic E-state index is 0.236. The predicted molar refractivity (Wildman–Crippen MR) is 109 cm³/mol. The number of ether oxygens (including phenoxy) is 2.